The number of carbonyl (C=O) groups excluding carboxylic acids is 4. The van der Waals surface area contributed by atoms with Crippen LogP contribution in [0, 0.1) is 38.5 Å². The number of fused-ring (bicyclic) bond motifs is 7. The van der Waals surface area contributed by atoms with Crippen molar-refractivity contribution in [3.8, 4) is 0 Å². The van der Waals surface area contributed by atoms with Gasteiger partial charge in [0.25, 0.3) is 0 Å². The third-order valence-corrected chi connectivity index (χ3v) is 9.58. The van der Waals surface area contributed by atoms with Crippen LogP contribution in [-0.4, -0.2) is 61.3 Å². The predicted molar refractivity (Wildman–Crippen MR) is 172 cm³/mol. The Kier molecular flexibility index (Phi) is 9.11. The molecule has 3 aromatic heterocycles. The van der Waals surface area contributed by atoms with Crippen molar-refractivity contribution in [3.05, 3.63) is 83.6 Å². The van der Waals surface area contributed by atoms with E-state index >= 15 is 0 Å². The number of hydrogen-bond acceptors (Lipinski definition) is 6. The fourth-order valence-corrected chi connectivity index (χ4v) is 6.82. The van der Waals surface area contributed by atoms with E-state index in [9.17, 15) is 19.2 Å². The minimum absolute atomic E-state index is 0. The van der Waals surface area contributed by atoms with Crippen LogP contribution in [0.15, 0.2) is 11.4 Å². The molecule has 3 aromatic rings. The van der Waals surface area contributed by atoms with E-state index in [-0.39, 0.29) is 47.3 Å². The Morgan fingerprint density at radius 1 is 0.913 bits per heavy atom. The Hall–Kier alpha value is -4.09. The average Bonchev–Trinajstić information content (AvgIpc) is 3.77. The van der Waals surface area contributed by atoms with Gasteiger partial charge in [-0.05, 0) is 45.4 Å². The normalized spacial score (nSPS) is 23.7. The molecule has 6 rings (SSSR count). The molecule has 3 aliphatic rings. The van der Waals surface area contributed by atoms with Crippen LogP contribution in [0.3, 0.4) is 0 Å². The van der Waals surface area contributed by atoms with Crippen LogP contribution in [0.1, 0.15) is 92.4 Å². The van der Waals surface area contributed by atoms with E-state index in [0.717, 1.165) is 23.0 Å². The molecule has 0 saturated carbocycles. The number of allylic oxidation sites excluding steroid dienone is 2. The first-order chi connectivity index (χ1) is 21.5. The van der Waals surface area contributed by atoms with Crippen LogP contribution in [0.5, 0.6) is 0 Å². The second-order valence-corrected chi connectivity index (χ2v) is 11.8. The number of rotatable bonds is 6. The zero-order chi connectivity index (χ0) is 32.3. The Balaban J connectivity index is 0.00000417. The van der Waals surface area contributed by atoms with Crippen molar-refractivity contribution < 1.29 is 28.7 Å². The number of esters is 2. The topological polar surface area (TPSA) is 143 Å². The Morgan fingerprint density at radius 2 is 1.57 bits per heavy atom. The van der Waals surface area contributed by atoms with Crippen LogP contribution in [0.2, 0.25) is 0 Å². The van der Waals surface area contributed by atoms with Crippen LogP contribution in [0.4, 0.5) is 0 Å². The van der Waals surface area contributed by atoms with Crippen LogP contribution in [0.25, 0.3) is 29.1 Å². The van der Waals surface area contributed by atoms with Gasteiger partial charge >= 0.3 is 35.0 Å². The summed E-state index contributed by atoms with van der Waals surface area (Å²) in [5, 5.41) is 6.18. The van der Waals surface area contributed by atoms with E-state index in [1.807, 2.05) is 39.8 Å². The van der Waals surface area contributed by atoms with E-state index < -0.39 is 17.7 Å². The molecule has 0 unspecified atom stereocenters. The summed E-state index contributed by atoms with van der Waals surface area (Å²) in [6.45, 7) is 9.73. The molecule has 10 nitrogen and oxygen atoms in total. The fraction of sp³-hybridized carbons (Fsp3) is 0.371. The second kappa shape index (κ2) is 12.6. The Labute approximate surface area is 282 Å². The van der Waals surface area contributed by atoms with Crippen molar-refractivity contribution in [3.63, 3.8) is 0 Å². The van der Waals surface area contributed by atoms with Crippen molar-refractivity contribution in [2.75, 3.05) is 14.2 Å². The van der Waals surface area contributed by atoms with Crippen molar-refractivity contribution >= 4 is 70.9 Å². The predicted octanol–water partition coefficient (Wildman–Crippen LogP) is 2.78. The van der Waals surface area contributed by atoms with E-state index in [1.165, 1.54) is 14.2 Å². The van der Waals surface area contributed by atoms with E-state index in [0.29, 0.717) is 80.0 Å². The molecule has 0 amide bonds. The molecule has 0 N–H and O–H groups in total. The molecule has 0 spiro atoms. The molecule has 1 fully saturated rings. The molecule has 0 aromatic carbocycles. The third kappa shape index (κ3) is 5.09. The molecular formula is C35H34MgN4O6-2. The SMILES string of the molecule is CCc1c(C=O)/c2[n-]/c1=C\c1[n-]c3c(c1C)C(=O)[C@H](C(=O)OC)/C3=C1/[N-]/C(=C\c3[n-]c(c(C)c3C)\C=2)[C@@H](C)[C@@H]1CCC(=O)OC.[Mg+2]. The number of ether oxygens (including phenoxy) is 2. The van der Waals surface area contributed by atoms with E-state index in [1.54, 1.807) is 13.0 Å². The van der Waals surface area contributed by atoms with Crippen molar-refractivity contribution in [2.24, 2.45) is 17.8 Å². The third-order valence-electron chi connectivity index (χ3n) is 9.58. The Bertz CT molecular complexity index is 1990. The van der Waals surface area contributed by atoms with Gasteiger partial charge in [0, 0.05) is 17.5 Å². The van der Waals surface area contributed by atoms with Crippen molar-refractivity contribution in [2.45, 2.75) is 53.9 Å². The summed E-state index contributed by atoms with van der Waals surface area (Å²) in [4.78, 5) is 66.5. The average molecular weight is 631 g/mol. The standard InChI is InChI=1S/C35H35N4O6.Mg/c1-8-19-21(14-40)27-12-23-16(3)15(2)22(36-23)11-24-17(4)20(9-10-28(41)44-6)32(38-24)30-31(35(43)45-7)34(42)29-18(5)25(39-33(29)30)13-26(19)37-27;/h11-14,17,20,31H,8-10H2,1-7H3,(H-,38,39,40,42);/q-3;+2/p-1/b24-11-,27-12-;/t17-,20-,31+;/m0./s1. The number of aromatic nitrogens is 3. The maximum atomic E-state index is 14.0. The number of Topliss-reactive ketones (excluding diaryl/α,β-unsaturated/α-hetero) is 1. The minimum Gasteiger partial charge on any atom is -0.664 e. The molecule has 1 saturated heterocycles. The van der Waals surface area contributed by atoms with Gasteiger partial charge in [-0.25, -0.2) is 0 Å². The molecule has 8 bridgehead atoms. The van der Waals surface area contributed by atoms with Gasteiger partial charge in [0.2, 0.25) is 0 Å². The van der Waals surface area contributed by atoms with Gasteiger partial charge in [0.15, 0.2) is 5.78 Å². The van der Waals surface area contributed by atoms with Crippen molar-refractivity contribution in [1.82, 2.24) is 15.0 Å². The molecule has 1 aliphatic carbocycles. The summed E-state index contributed by atoms with van der Waals surface area (Å²) in [6.07, 6.45) is 7.46. The zero-order valence-corrected chi connectivity index (χ0v) is 28.5. The second-order valence-electron chi connectivity index (χ2n) is 11.8. The molecule has 0 radical (unpaired) electrons. The van der Waals surface area contributed by atoms with E-state index in [4.69, 9.17) is 29.7 Å². The summed E-state index contributed by atoms with van der Waals surface area (Å²) >= 11 is 0. The maximum absolute atomic E-state index is 14.0. The fourth-order valence-electron chi connectivity index (χ4n) is 6.82. The van der Waals surface area contributed by atoms with Crippen LogP contribution in [-0.2, 0) is 25.5 Å². The molecular weight excluding hydrogens is 597 g/mol. The molecule has 11 heteroatoms. The van der Waals surface area contributed by atoms with Gasteiger partial charge < -0.3 is 29.7 Å². The summed E-state index contributed by atoms with van der Waals surface area (Å²) in [5.74, 6) is -3.17. The molecule has 234 valence electrons. The summed E-state index contributed by atoms with van der Waals surface area (Å²) < 4.78 is 10.1. The van der Waals surface area contributed by atoms with Crippen LogP contribution >= 0.6 is 0 Å². The number of methoxy groups -OCH3 is 2. The minimum atomic E-state index is -1.23. The first-order valence-corrected chi connectivity index (χ1v) is 15.1. The summed E-state index contributed by atoms with van der Waals surface area (Å²) in [5.41, 5.74) is 8.10. The maximum Gasteiger partial charge on any atom is 2.00 e. The van der Waals surface area contributed by atoms with Gasteiger partial charge in [-0.1, -0.05) is 59.9 Å². The van der Waals surface area contributed by atoms with Gasteiger partial charge in [0.1, 0.15) is 12.2 Å². The van der Waals surface area contributed by atoms with Crippen molar-refractivity contribution in [1.29, 1.82) is 0 Å². The first kappa shape index (κ1) is 33.3. The van der Waals surface area contributed by atoms with E-state index in [2.05, 4.69) is 0 Å². The number of hydrogen-bond donors (Lipinski definition) is 0. The molecule has 5 heterocycles. The molecule has 3 atom stereocenters. The van der Waals surface area contributed by atoms with Gasteiger partial charge in [0.05, 0.1) is 14.2 Å². The first-order valence-electron chi connectivity index (χ1n) is 15.1. The number of carbonyl (C=O) groups is 4. The smallest absolute Gasteiger partial charge is 0.664 e. The van der Waals surface area contributed by atoms with Gasteiger partial charge in [-0.3, -0.25) is 19.2 Å². The monoisotopic (exact) mass is 630 g/mol. The quantitative estimate of drug-likeness (QED) is 0.174. The Morgan fingerprint density at radius 3 is 2.20 bits per heavy atom. The summed E-state index contributed by atoms with van der Waals surface area (Å²) in [7, 11) is 2.60. The van der Waals surface area contributed by atoms with Gasteiger partial charge in [-0.15, -0.1) is 33.5 Å². The molecule has 46 heavy (non-hydrogen) atoms. The largest absolute Gasteiger partial charge is 2.00 e. The molecule has 2 aliphatic heterocycles. The zero-order valence-electron chi connectivity index (χ0n) is 27.1. The van der Waals surface area contributed by atoms with Gasteiger partial charge in [-0.2, -0.15) is 11.4 Å². The number of aldehydes is 1. The van der Waals surface area contributed by atoms with Crippen LogP contribution < -0.4 is 25.7 Å². The number of ketones is 1. The summed E-state index contributed by atoms with van der Waals surface area (Å²) in [6, 6.07) is 0. The number of nitrogens with zero attached hydrogens (tertiary/aromatic N) is 4.